The fourth-order valence-electron chi connectivity index (χ4n) is 1.99. The summed E-state index contributed by atoms with van der Waals surface area (Å²) in [5, 5.41) is 0. The molecule has 0 aliphatic heterocycles. The summed E-state index contributed by atoms with van der Waals surface area (Å²) in [6.45, 7) is 4.85. The number of hydrogen-bond acceptors (Lipinski definition) is 3. The molecule has 0 saturated heterocycles. The molecule has 1 aromatic rings. The molecule has 1 aromatic heterocycles. The second kappa shape index (κ2) is 7.11. The average molecular weight is 249 g/mol. The highest BCUT2D eigenvalue weighted by Gasteiger charge is 2.18. The number of hydrogen-bond donors (Lipinski definition) is 1. The maximum atomic E-state index is 12.1. The van der Waals surface area contributed by atoms with Crippen LogP contribution >= 0.6 is 0 Å². The summed E-state index contributed by atoms with van der Waals surface area (Å²) in [4.78, 5) is 17.9. The van der Waals surface area contributed by atoms with Crippen LogP contribution in [-0.2, 0) is 4.79 Å². The zero-order valence-corrected chi connectivity index (χ0v) is 11.5. The Hall–Kier alpha value is -1.42. The molecule has 1 atom stereocenters. The first-order valence-corrected chi connectivity index (χ1v) is 6.42. The zero-order valence-electron chi connectivity index (χ0n) is 11.5. The number of nitrogens with two attached hydrogens (primary N) is 1. The van der Waals surface area contributed by atoms with Crippen molar-refractivity contribution in [3.8, 4) is 0 Å². The highest BCUT2D eigenvalue weighted by molar-refractivity contribution is 5.91. The third-order valence-electron chi connectivity index (χ3n) is 2.97. The number of nitrogens with zero attached hydrogens (tertiary/aromatic N) is 2. The largest absolute Gasteiger partial charge is 0.330 e. The number of anilines is 1. The molecule has 0 radical (unpaired) electrons. The Balaban J connectivity index is 2.59. The van der Waals surface area contributed by atoms with Gasteiger partial charge in [0.25, 0.3) is 0 Å². The first-order valence-electron chi connectivity index (χ1n) is 6.42. The lowest BCUT2D eigenvalue weighted by Gasteiger charge is -2.21. The van der Waals surface area contributed by atoms with E-state index in [2.05, 4.69) is 18.8 Å². The molecular formula is C14H23N3O. The summed E-state index contributed by atoms with van der Waals surface area (Å²) in [6, 6.07) is 5.54. The van der Waals surface area contributed by atoms with Crippen molar-refractivity contribution in [2.45, 2.75) is 26.7 Å². The van der Waals surface area contributed by atoms with Gasteiger partial charge in [-0.25, -0.2) is 4.98 Å². The standard InChI is InChI=1S/C14H23N3O/c1-11(2)8-12(10-15)9-14(18)17(3)13-6-4-5-7-16-13/h4-7,11-12H,8-10,15H2,1-3H3/t12-/m0/s1. The highest BCUT2D eigenvalue weighted by atomic mass is 16.2. The molecule has 4 heteroatoms. The number of rotatable bonds is 6. The quantitative estimate of drug-likeness (QED) is 0.839. The van der Waals surface area contributed by atoms with Gasteiger partial charge in [-0.1, -0.05) is 19.9 Å². The van der Waals surface area contributed by atoms with E-state index >= 15 is 0 Å². The number of carbonyl (C=O) groups excluding carboxylic acids is 1. The van der Waals surface area contributed by atoms with E-state index in [0.29, 0.717) is 24.7 Å². The minimum absolute atomic E-state index is 0.0739. The molecule has 1 heterocycles. The van der Waals surface area contributed by atoms with Crippen LogP contribution in [0.5, 0.6) is 0 Å². The van der Waals surface area contributed by atoms with E-state index in [1.807, 2.05) is 18.2 Å². The van der Waals surface area contributed by atoms with Crippen LogP contribution in [-0.4, -0.2) is 24.5 Å². The minimum atomic E-state index is 0.0739. The highest BCUT2D eigenvalue weighted by Crippen LogP contribution is 2.17. The Morgan fingerprint density at radius 2 is 2.17 bits per heavy atom. The van der Waals surface area contributed by atoms with Gasteiger partial charge < -0.3 is 5.73 Å². The van der Waals surface area contributed by atoms with Crippen molar-refractivity contribution in [1.82, 2.24) is 4.98 Å². The first-order chi connectivity index (χ1) is 8.54. The maximum Gasteiger partial charge on any atom is 0.228 e. The molecule has 4 nitrogen and oxygen atoms in total. The van der Waals surface area contributed by atoms with Crippen molar-refractivity contribution in [1.29, 1.82) is 0 Å². The van der Waals surface area contributed by atoms with Crippen LogP contribution in [0.1, 0.15) is 26.7 Å². The molecule has 100 valence electrons. The molecule has 0 unspecified atom stereocenters. The van der Waals surface area contributed by atoms with Crippen LogP contribution in [0.15, 0.2) is 24.4 Å². The van der Waals surface area contributed by atoms with Gasteiger partial charge in [0.2, 0.25) is 5.91 Å². The van der Waals surface area contributed by atoms with Gasteiger partial charge in [0, 0.05) is 19.7 Å². The van der Waals surface area contributed by atoms with E-state index in [9.17, 15) is 4.79 Å². The van der Waals surface area contributed by atoms with E-state index in [1.165, 1.54) is 0 Å². The van der Waals surface area contributed by atoms with Gasteiger partial charge in [0.05, 0.1) is 0 Å². The van der Waals surface area contributed by atoms with Crippen molar-refractivity contribution < 1.29 is 4.79 Å². The zero-order chi connectivity index (χ0) is 13.5. The third kappa shape index (κ3) is 4.45. The van der Waals surface area contributed by atoms with E-state index in [1.54, 1.807) is 18.1 Å². The number of carbonyl (C=O) groups is 1. The van der Waals surface area contributed by atoms with Crippen molar-refractivity contribution >= 4 is 11.7 Å². The van der Waals surface area contributed by atoms with Gasteiger partial charge in [-0.3, -0.25) is 9.69 Å². The lowest BCUT2D eigenvalue weighted by molar-refractivity contribution is -0.119. The second-order valence-corrected chi connectivity index (χ2v) is 5.08. The van der Waals surface area contributed by atoms with Gasteiger partial charge >= 0.3 is 0 Å². The SMILES string of the molecule is CC(C)C[C@H](CN)CC(=O)N(C)c1ccccn1. The minimum Gasteiger partial charge on any atom is -0.330 e. The lowest BCUT2D eigenvalue weighted by Crippen LogP contribution is -2.31. The van der Waals surface area contributed by atoms with Gasteiger partial charge in [0.15, 0.2) is 0 Å². The molecule has 0 fully saturated rings. The molecular weight excluding hydrogens is 226 g/mol. The average Bonchev–Trinajstić information content (AvgIpc) is 2.37. The third-order valence-corrected chi connectivity index (χ3v) is 2.97. The van der Waals surface area contributed by atoms with Gasteiger partial charge in [0.1, 0.15) is 5.82 Å². The monoisotopic (exact) mass is 249 g/mol. The van der Waals surface area contributed by atoms with Crippen LogP contribution < -0.4 is 10.6 Å². The maximum absolute atomic E-state index is 12.1. The van der Waals surface area contributed by atoms with Crippen molar-refractivity contribution in [2.75, 3.05) is 18.5 Å². The van der Waals surface area contributed by atoms with Gasteiger partial charge in [-0.15, -0.1) is 0 Å². The van der Waals surface area contributed by atoms with Crippen LogP contribution in [0.3, 0.4) is 0 Å². The van der Waals surface area contributed by atoms with Crippen LogP contribution in [0.2, 0.25) is 0 Å². The Morgan fingerprint density at radius 1 is 1.44 bits per heavy atom. The molecule has 0 spiro atoms. The van der Waals surface area contributed by atoms with E-state index < -0.39 is 0 Å². The molecule has 0 aliphatic rings. The Morgan fingerprint density at radius 3 is 2.67 bits per heavy atom. The fraction of sp³-hybridized carbons (Fsp3) is 0.571. The van der Waals surface area contributed by atoms with Gasteiger partial charge in [-0.05, 0) is 36.9 Å². The summed E-state index contributed by atoms with van der Waals surface area (Å²) >= 11 is 0. The molecule has 18 heavy (non-hydrogen) atoms. The van der Waals surface area contributed by atoms with Crippen LogP contribution in [0.4, 0.5) is 5.82 Å². The summed E-state index contributed by atoms with van der Waals surface area (Å²) in [7, 11) is 1.76. The summed E-state index contributed by atoms with van der Waals surface area (Å²) in [6.07, 6.45) is 3.16. The molecule has 1 amide bonds. The predicted octanol–water partition coefficient (Wildman–Crippen LogP) is 2.06. The molecule has 1 rings (SSSR count). The predicted molar refractivity (Wildman–Crippen MR) is 74.3 cm³/mol. The van der Waals surface area contributed by atoms with Crippen molar-refractivity contribution in [2.24, 2.45) is 17.6 Å². The topological polar surface area (TPSA) is 59.2 Å². The van der Waals surface area contributed by atoms with Gasteiger partial charge in [-0.2, -0.15) is 0 Å². The van der Waals surface area contributed by atoms with Crippen molar-refractivity contribution in [3.63, 3.8) is 0 Å². The fourth-order valence-corrected chi connectivity index (χ4v) is 1.99. The number of aromatic nitrogens is 1. The lowest BCUT2D eigenvalue weighted by atomic mass is 9.94. The van der Waals surface area contributed by atoms with E-state index in [0.717, 1.165) is 6.42 Å². The van der Waals surface area contributed by atoms with Crippen molar-refractivity contribution in [3.05, 3.63) is 24.4 Å². The van der Waals surface area contributed by atoms with Crippen LogP contribution in [0.25, 0.3) is 0 Å². The summed E-state index contributed by atoms with van der Waals surface area (Å²) < 4.78 is 0. The Kier molecular flexibility index (Phi) is 5.78. The molecule has 0 saturated carbocycles. The number of amides is 1. The second-order valence-electron chi connectivity index (χ2n) is 5.08. The smallest absolute Gasteiger partial charge is 0.228 e. The van der Waals surface area contributed by atoms with Crippen LogP contribution in [0, 0.1) is 11.8 Å². The summed E-state index contributed by atoms with van der Waals surface area (Å²) in [5.74, 6) is 1.57. The molecule has 0 bridgehead atoms. The van der Waals surface area contributed by atoms with E-state index in [4.69, 9.17) is 5.73 Å². The summed E-state index contributed by atoms with van der Waals surface area (Å²) in [5.41, 5.74) is 5.72. The normalized spacial score (nSPS) is 12.5. The molecule has 0 aromatic carbocycles. The number of pyridine rings is 1. The molecule has 0 aliphatic carbocycles. The van der Waals surface area contributed by atoms with E-state index in [-0.39, 0.29) is 11.8 Å². The molecule has 2 N–H and O–H groups in total. The first kappa shape index (κ1) is 14.6. The Labute approximate surface area is 109 Å². The Bertz CT molecular complexity index is 365.